The molecule has 0 aliphatic heterocycles. The number of nitrogens with zero attached hydrogens (tertiary/aromatic N) is 3. The molecule has 1 aromatic carbocycles. The third-order valence-electron chi connectivity index (χ3n) is 4.30. The number of benzene rings is 1. The van der Waals surface area contributed by atoms with Crippen molar-refractivity contribution in [1.82, 2.24) is 9.97 Å². The van der Waals surface area contributed by atoms with E-state index in [0.717, 1.165) is 12.1 Å². The van der Waals surface area contributed by atoms with Gasteiger partial charge in [-0.3, -0.25) is 10.1 Å². The summed E-state index contributed by atoms with van der Waals surface area (Å²) in [6.07, 6.45) is -3.43. The molecule has 29 heavy (non-hydrogen) atoms. The highest BCUT2D eigenvalue weighted by molar-refractivity contribution is 6.28. The van der Waals surface area contributed by atoms with Gasteiger partial charge in [0.1, 0.15) is 5.82 Å². The van der Waals surface area contributed by atoms with E-state index in [1.54, 1.807) is 0 Å². The Hall–Kier alpha value is -3.21. The average Bonchev–Trinajstić information content (AvgIpc) is 3.05. The Bertz CT molecular complexity index is 1060. The standard InChI is InChI=1S/C17H12ClF3N4O4/c1-7(8-2-10(17(19,20)21)6-11(3-8)25(28)29)22-14-12-4-9(15(26)27)5-13(12)23-16(18)24-14/h2-3,5-7H,4H2,1H3,(H,26,27)(H,22,23,24)/t7-/m1/s1. The third kappa shape index (κ3) is 4.29. The number of hydrogen-bond acceptors (Lipinski definition) is 6. The highest BCUT2D eigenvalue weighted by atomic mass is 35.5. The molecule has 3 rings (SSSR count). The number of non-ortho nitro benzene ring substituents is 1. The van der Waals surface area contributed by atoms with Gasteiger partial charge < -0.3 is 10.4 Å². The minimum atomic E-state index is -4.76. The van der Waals surface area contributed by atoms with Gasteiger partial charge in [0.15, 0.2) is 0 Å². The molecule has 1 heterocycles. The lowest BCUT2D eigenvalue weighted by molar-refractivity contribution is -0.385. The van der Waals surface area contributed by atoms with Crippen LogP contribution in [0.15, 0.2) is 23.8 Å². The molecule has 152 valence electrons. The third-order valence-corrected chi connectivity index (χ3v) is 4.47. The van der Waals surface area contributed by atoms with Crippen LogP contribution in [-0.2, 0) is 17.4 Å². The average molecular weight is 429 g/mol. The topological polar surface area (TPSA) is 118 Å². The van der Waals surface area contributed by atoms with E-state index in [-0.39, 0.29) is 34.4 Å². The largest absolute Gasteiger partial charge is 0.478 e. The van der Waals surface area contributed by atoms with Crippen LogP contribution < -0.4 is 5.32 Å². The van der Waals surface area contributed by atoms with E-state index in [0.29, 0.717) is 11.6 Å². The zero-order chi connectivity index (χ0) is 21.5. The summed E-state index contributed by atoms with van der Waals surface area (Å²) in [5.41, 5.74) is -1.10. The Labute approximate surface area is 166 Å². The Morgan fingerprint density at radius 2 is 2.03 bits per heavy atom. The number of nitro benzene ring substituents is 1. The van der Waals surface area contributed by atoms with Gasteiger partial charge in [0.25, 0.3) is 5.69 Å². The Balaban J connectivity index is 1.97. The molecule has 0 fully saturated rings. The fourth-order valence-corrected chi connectivity index (χ4v) is 3.05. The Morgan fingerprint density at radius 1 is 1.34 bits per heavy atom. The van der Waals surface area contributed by atoms with Gasteiger partial charge in [0, 0.05) is 29.7 Å². The fraction of sp³-hybridized carbons (Fsp3) is 0.235. The maximum atomic E-state index is 13.1. The summed E-state index contributed by atoms with van der Waals surface area (Å²) in [7, 11) is 0. The summed E-state index contributed by atoms with van der Waals surface area (Å²) in [4.78, 5) is 29.3. The SMILES string of the molecule is C[C@@H](Nc1nc(Cl)nc2c1CC(C(=O)O)=C2)c1cc([N+](=O)[O-])cc(C(F)(F)F)c1. The van der Waals surface area contributed by atoms with Crippen LogP contribution in [0.3, 0.4) is 0 Å². The van der Waals surface area contributed by atoms with Crippen LogP contribution in [0.2, 0.25) is 5.28 Å². The lowest BCUT2D eigenvalue weighted by Gasteiger charge is -2.18. The first kappa shape index (κ1) is 20.5. The molecule has 0 radical (unpaired) electrons. The molecule has 0 bridgehead atoms. The smallest absolute Gasteiger partial charge is 0.416 e. The summed E-state index contributed by atoms with van der Waals surface area (Å²) in [6.45, 7) is 1.49. The molecule has 2 N–H and O–H groups in total. The van der Waals surface area contributed by atoms with Crippen LogP contribution in [0.1, 0.15) is 35.3 Å². The number of carboxylic acids is 1. The van der Waals surface area contributed by atoms with Crippen molar-refractivity contribution in [2.24, 2.45) is 0 Å². The van der Waals surface area contributed by atoms with Crippen molar-refractivity contribution in [1.29, 1.82) is 0 Å². The monoisotopic (exact) mass is 428 g/mol. The molecule has 0 saturated heterocycles. The minimum Gasteiger partial charge on any atom is -0.478 e. The summed E-state index contributed by atoms with van der Waals surface area (Å²) in [5, 5.41) is 22.9. The highest BCUT2D eigenvalue weighted by Gasteiger charge is 2.33. The van der Waals surface area contributed by atoms with Crippen LogP contribution >= 0.6 is 11.6 Å². The Kier molecular flexibility index (Phi) is 5.18. The number of anilines is 1. The molecule has 1 aliphatic carbocycles. The van der Waals surface area contributed by atoms with Crippen molar-refractivity contribution in [2.75, 3.05) is 5.32 Å². The van der Waals surface area contributed by atoms with Crippen LogP contribution in [0, 0.1) is 10.1 Å². The van der Waals surface area contributed by atoms with Gasteiger partial charge in [-0.1, -0.05) is 0 Å². The predicted molar refractivity (Wildman–Crippen MR) is 96.5 cm³/mol. The zero-order valence-corrected chi connectivity index (χ0v) is 15.4. The van der Waals surface area contributed by atoms with Crippen molar-refractivity contribution in [2.45, 2.75) is 25.6 Å². The second-order valence-electron chi connectivity index (χ2n) is 6.29. The zero-order valence-electron chi connectivity index (χ0n) is 14.6. The number of carbonyl (C=O) groups is 1. The van der Waals surface area contributed by atoms with E-state index in [2.05, 4.69) is 15.3 Å². The van der Waals surface area contributed by atoms with E-state index in [1.165, 1.54) is 13.0 Å². The number of nitro groups is 1. The molecule has 12 heteroatoms. The van der Waals surface area contributed by atoms with Crippen molar-refractivity contribution in [3.8, 4) is 0 Å². The molecule has 8 nitrogen and oxygen atoms in total. The molecule has 0 spiro atoms. The maximum Gasteiger partial charge on any atom is 0.416 e. The molecule has 2 aromatic rings. The second kappa shape index (κ2) is 7.32. The fourth-order valence-electron chi connectivity index (χ4n) is 2.87. The number of fused-ring (bicyclic) bond motifs is 1. The van der Waals surface area contributed by atoms with Crippen molar-refractivity contribution in [3.05, 3.63) is 61.6 Å². The molecular weight excluding hydrogens is 417 g/mol. The van der Waals surface area contributed by atoms with Crippen LogP contribution in [0.4, 0.5) is 24.7 Å². The number of hydrogen-bond donors (Lipinski definition) is 2. The van der Waals surface area contributed by atoms with E-state index in [1.807, 2.05) is 0 Å². The van der Waals surface area contributed by atoms with Gasteiger partial charge in [0.2, 0.25) is 5.28 Å². The summed E-state index contributed by atoms with van der Waals surface area (Å²) < 4.78 is 39.3. The highest BCUT2D eigenvalue weighted by Crippen LogP contribution is 2.36. The molecule has 1 aromatic heterocycles. The molecule has 0 unspecified atom stereocenters. The van der Waals surface area contributed by atoms with Crippen LogP contribution in [0.25, 0.3) is 6.08 Å². The van der Waals surface area contributed by atoms with E-state index in [4.69, 9.17) is 16.7 Å². The van der Waals surface area contributed by atoms with Gasteiger partial charge in [-0.05, 0) is 36.2 Å². The van der Waals surface area contributed by atoms with Crippen LogP contribution in [0.5, 0.6) is 0 Å². The second-order valence-corrected chi connectivity index (χ2v) is 6.63. The van der Waals surface area contributed by atoms with Crippen molar-refractivity contribution >= 4 is 35.2 Å². The molecule has 0 saturated carbocycles. The van der Waals surface area contributed by atoms with Crippen molar-refractivity contribution < 1.29 is 28.0 Å². The summed E-state index contributed by atoms with van der Waals surface area (Å²) in [6, 6.07) is 1.45. The first-order valence-corrected chi connectivity index (χ1v) is 8.47. The Morgan fingerprint density at radius 3 is 2.62 bits per heavy atom. The lowest BCUT2D eigenvalue weighted by Crippen LogP contribution is -2.14. The quantitative estimate of drug-likeness (QED) is 0.415. The normalized spacial score (nSPS) is 14.2. The number of nitrogens with one attached hydrogen (secondary N) is 1. The minimum absolute atomic E-state index is 0.000370. The summed E-state index contributed by atoms with van der Waals surface area (Å²) in [5.74, 6) is -1.01. The molecule has 1 atom stereocenters. The molecule has 1 aliphatic rings. The predicted octanol–water partition coefficient (Wildman–Crippen LogP) is 4.25. The van der Waals surface area contributed by atoms with Gasteiger partial charge in [-0.25, -0.2) is 14.8 Å². The lowest BCUT2D eigenvalue weighted by atomic mass is 10.0. The maximum absolute atomic E-state index is 13.1. The van der Waals surface area contributed by atoms with E-state index >= 15 is 0 Å². The number of alkyl halides is 3. The van der Waals surface area contributed by atoms with E-state index < -0.39 is 34.4 Å². The molecular formula is C17H12ClF3N4O4. The van der Waals surface area contributed by atoms with Gasteiger partial charge >= 0.3 is 12.1 Å². The van der Waals surface area contributed by atoms with Crippen LogP contribution in [-0.4, -0.2) is 26.0 Å². The van der Waals surface area contributed by atoms with Gasteiger partial charge in [-0.15, -0.1) is 0 Å². The number of carboxylic acid groups (broad SMARTS) is 1. The molecule has 0 amide bonds. The van der Waals surface area contributed by atoms with Crippen molar-refractivity contribution in [3.63, 3.8) is 0 Å². The first-order valence-electron chi connectivity index (χ1n) is 8.09. The number of aliphatic carboxylic acids is 1. The number of rotatable bonds is 5. The number of halogens is 4. The first-order chi connectivity index (χ1) is 13.5. The number of aromatic nitrogens is 2. The summed E-state index contributed by atoms with van der Waals surface area (Å²) >= 11 is 5.86. The van der Waals surface area contributed by atoms with Gasteiger partial charge in [-0.2, -0.15) is 13.2 Å². The van der Waals surface area contributed by atoms with E-state index in [9.17, 15) is 28.1 Å². The van der Waals surface area contributed by atoms with Gasteiger partial charge in [0.05, 0.1) is 22.2 Å².